The lowest BCUT2D eigenvalue weighted by Gasteiger charge is -2.10. The summed E-state index contributed by atoms with van der Waals surface area (Å²) in [6, 6.07) is 3.43. The lowest BCUT2D eigenvalue weighted by Crippen LogP contribution is -2.14. The molecule has 0 spiro atoms. The van der Waals surface area contributed by atoms with Crippen LogP contribution in [0, 0.1) is 12.3 Å². The highest BCUT2D eigenvalue weighted by Gasteiger charge is 2.30. The van der Waals surface area contributed by atoms with Crippen molar-refractivity contribution in [2.75, 3.05) is 0 Å². The summed E-state index contributed by atoms with van der Waals surface area (Å²) in [6.07, 6.45) is -4.14. The molecule has 3 N–H and O–H groups in total. The van der Waals surface area contributed by atoms with E-state index < -0.39 is 11.7 Å². The molecule has 0 amide bonds. The molecule has 0 aliphatic heterocycles. The van der Waals surface area contributed by atoms with Gasteiger partial charge in [0.2, 0.25) is 0 Å². The Labute approximate surface area is 85.4 Å². The van der Waals surface area contributed by atoms with Crippen molar-refractivity contribution in [1.82, 2.24) is 0 Å². The maximum absolute atomic E-state index is 12.3. The number of hydrogen-bond acceptors (Lipinski definition) is 1. The summed E-state index contributed by atoms with van der Waals surface area (Å²) < 4.78 is 36.9. The number of aryl methyl sites for hydroxylation is 1. The number of nitrogens with one attached hydrogen (secondary N) is 1. The van der Waals surface area contributed by atoms with Crippen LogP contribution in [0.1, 0.15) is 16.7 Å². The standard InChI is InChI=1S/C10H11F3N2/c1-6-4-8(10(11,12)13)3-2-7(6)5-9(14)15/h2-4H,5H2,1H3,(H3,14,15). The van der Waals surface area contributed by atoms with E-state index in [4.69, 9.17) is 11.1 Å². The Hall–Kier alpha value is -1.52. The highest BCUT2D eigenvalue weighted by Crippen LogP contribution is 2.30. The topological polar surface area (TPSA) is 49.9 Å². The molecule has 0 bridgehead atoms. The first-order valence-corrected chi connectivity index (χ1v) is 4.30. The Morgan fingerprint density at radius 1 is 1.40 bits per heavy atom. The molecule has 0 fully saturated rings. The van der Waals surface area contributed by atoms with Crippen molar-refractivity contribution >= 4 is 5.84 Å². The Kier molecular flexibility index (Phi) is 3.02. The third-order valence-electron chi connectivity index (χ3n) is 2.05. The molecule has 0 unspecified atom stereocenters. The van der Waals surface area contributed by atoms with Crippen LogP contribution in [0.15, 0.2) is 18.2 Å². The number of rotatable bonds is 2. The van der Waals surface area contributed by atoms with Crippen molar-refractivity contribution in [1.29, 1.82) is 5.41 Å². The van der Waals surface area contributed by atoms with Crippen molar-refractivity contribution in [2.24, 2.45) is 5.73 Å². The van der Waals surface area contributed by atoms with Gasteiger partial charge in [-0.1, -0.05) is 6.07 Å². The monoisotopic (exact) mass is 216 g/mol. The molecule has 2 nitrogen and oxygen atoms in total. The lowest BCUT2D eigenvalue weighted by atomic mass is 10.0. The molecule has 1 aromatic rings. The molecule has 0 aliphatic rings. The molecule has 0 aliphatic carbocycles. The molecule has 0 aromatic heterocycles. The second-order valence-electron chi connectivity index (χ2n) is 3.34. The minimum atomic E-state index is -4.32. The summed E-state index contributed by atoms with van der Waals surface area (Å²) in [6.45, 7) is 1.58. The predicted molar refractivity (Wildman–Crippen MR) is 51.8 cm³/mol. The van der Waals surface area contributed by atoms with Crippen LogP contribution in [0.25, 0.3) is 0 Å². The molecular formula is C10H11F3N2. The molecule has 0 heterocycles. The number of alkyl halides is 3. The van der Waals surface area contributed by atoms with Crippen LogP contribution >= 0.6 is 0 Å². The minimum absolute atomic E-state index is 0.0575. The summed E-state index contributed by atoms with van der Waals surface area (Å²) in [5.41, 5.74) is 5.65. The Morgan fingerprint density at radius 3 is 2.40 bits per heavy atom. The molecule has 0 atom stereocenters. The van der Waals surface area contributed by atoms with Crippen LogP contribution in [0.4, 0.5) is 13.2 Å². The second-order valence-corrected chi connectivity index (χ2v) is 3.34. The summed E-state index contributed by atoms with van der Waals surface area (Å²) >= 11 is 0. The summed E-state index contributed by atoms with van der Waals surface area (Å²) in [7, 11) is 0. The minimum Gasteiger partial charge on any atom is -0.387 e. The van der Waals surface area contributed by atoms with Gasteiger partial charge in [-0.25, -0.2) is 0 Å². The van der Waals surface area contributed by atoms with Gasteiger partial charge in [-0.15, -0.1) is 0 Å². The van der Waals surface area contributed by atoms with Gasteiger partial charge in [0.05, 0.1) is 11.4 Å². The molecule has 0 saturated heterocycles. The molecule has 15 heavy (non-hydrogen) atoms. The molecule has 82 valence electrons. The zero-order chi connectivity index (χ0) is 11.6. The first-order valence-electron chi connectivity index (χ1n) is 4.30. The van der Waals surface area contributed by atoms with Gasteiger partial charge in [0.1, 0.15) is 0 Å². The van der Waals surface area contributed by atoms with Crippen LogP contribution in [0.5, 0.6) is 0 Å². The van der Waals surface area contributed by atoms with E-state index in [1.54, 1.807) is 6.92 Å². The average molecular weight is 216 g/mol. The van der Waals surface area contributed by atoms with Gasteiger partial charge in [-0.3, -0.25) is 5.41 Å². The van der Waals surface area contributed by atoms with Crippen molar-refractivity contribution < 1.29 is 13.2 Å². The second kappa shape index (κ2) is 3.92. The quantitative estimate of drug-likeness (QED) is 0.579. The van der Waals surface area contributed by atoms with Crippen LogP contribution in [0.3, 0.4) is 0 Å². The van der Waals surface area contributed by atoms with Gasteiger partial charge in [-0.05, 0) is 30.2 Å². The zero-order valence-electron chi connectivity index (χ0n) is 8.15. The summed E-state index contributed by atoms with van der Waals surface area (Å²) in [4.78, 5) is 0. The van der Waals surface area contributed by atoms with E-state index in [0.717, 1.165) is 12.1 Å². The Morgan fingerprint density at radius 2 is 2.00 bits per heavy atom. The zero-order valence-corrected chi connectivity index (χ0v) is 8.15. The summed E-state index contributed by atoms with van der Waals surface area (Å²) in [5, 5.41) is 7.06. The molecule has 0 radical (unpaired) electrons. The van der Waals surface area contributed by atoms with Crippen molar-refractivity contribution in [2.45, 2.75) is 19.5 Å². The van der Waals surface area contributed by atoms with E-state index in [0.29, 0.717) is 11.1 Å². The molecule has 0 saturated carbocycles. The smallest absolute Gasteiger partial charge is 0.387 e. The first-order chi connectivity index (χ1) is 6.80. The fourth-order valence-electron chi connectivity index (χ4n) is 1.28. The first kappa shape index (κ1) is 11.6. The number of hydrogen-bond donors (Lipinski definition) is 2. The number of nitrogens with two attached hydrogens (primary N) is 1. The van der Waals surface area contributed by atoms with E-state index in [1.165, 1.54) is 6.07 Å². The molecule has 1 aromatic carbocycles. The third kappa shape index (κ3) is 2.97. The van der Waals surface area contributed by atoms with Crippen molar-refractivity contribution in [3.63, 3.8) is 0 Å². The van der Waals surface area contributed by atoms with Crippen LogP contribution in [-0.4, -0.2) is 5.84 Å². The predicted octanol–water partition coefficient (Wildman–Crippen LogP) is 2.49. The van der Waals surface area contributed by atoms with Crippen molar-refractivity contribution in [3.05, 3.63) is 34.9 Å². The molecule has 5 heteroatoms. The Balaban J connectivity index is 3.03. The van der Waals surface area contributed by atoms with Crippen LogP contribution < -0.4 is 5.73 Å². The van der Waals surface area contributed by atoms with Gasteiger partial charge in [0, 0.05) is 6.42 Å². The van der Waals surface area contributed by atoms with Gasteiger partial charge < -0.3 is 5.73 Å². The number of amidine groups is 1. The fraction of sp³-hybridized carbons (Fsp3) is 0.300. The van der Waals surface area contributed by atoms with Crippen molar-refractivity contribution in [3.8, 4) is 0 Å². The SMILES string of the molecule is Cc1cc(C(F)(F)F)ccc1CC(=N)N. The Bertz CT molecular complexity index is 383. The fourth-order valence-corrected chi connectivity index (χ4v) is 1.28. The molecule has 1 rings (SSSR count). The highest BCUT2D eigenvalue weighted by molar-refractivity contribution is 5.79. The lowest BCUT2D eigenvalue weighted by molar-refractivity contribution is -0.137. The van der Waals surface area contributed by atoms with E-state index in [9.17, 15) is 13.2 Å². The van der Waals surface area contributed by atoms with Crippen LogP contribution in [-0.2, 0) is 12.6 Å². The van der Waals surface area contributed by atoms with E-state index in [2.05, 4.69) is 0 Å². The van der Waals surface area contributed by atoms with Gasteiger partial charge in [-0.2, -0.15) is 13.2 Å². The van der Waals surface area contributed by atoms with E-state index in [-0.39, 0.29) is 12.3 Å². The number of benzene rings is 1. The normalized spacial score (nSPS) is 11.5. The highest BCUT2D eigenvalue weighted by atomic mass is 19.4. The summed E-state index contributed by atoms with van der Waals surface area (Å²) in [5.74, 6) is -0.0575. The van der Waals surface area contributed by atoms with Gasteiger partial charge in [0.25, 0.3) is 0 Å². The third-order valence-corrected chi connectivity index (χ3v) is 2.05. The molecular weight excluding hydrogens is 205 g/mol. The number of halogens is 3. The van der Waals surface area contributed by atoms with Gasteiger partial charge >= 0.3 is 6.18 Å². The van der Waals surface area contributed by atoms with E-state index in [1.807, 2.05) is 0 Å². The largest absolute Gasteiger partial charge is 0.416 e. The van der Waals surface area contributed by atoms with E-state index >= 15 is 0 Å². The maximum Gasteiger partial charge on any atom is 0.416 e. The van der Waals surface area contributed by atoms with Gasteiger partial charge in [0.15, 0.2) is 0 Å². The van der Waals surface area contributed by atoms with Crippen LogP contribution in [0.2, 0.25) is 0 Å². The average Bonchev–Trinajstić information content (AvgIpc) is 2.05. The maximum atomic E-state index is 12.3.